The van der Waals surface area contributed by atoms with Gasteiger partial charge in [-0.2, -0.15) is 0 Å². The van der Waals surface area contributed by atoms with Gasteiger partial charge in [-0.25, -0.2) is 27.5 Å². The third-order valence-electron chi connectivity index (χ3n) is 3.91. The summed E-state index contributed by atoms with van der Waals surface area (Å²) in [6.07, 6.45) is 5.09. The molecule has 0 unspecified atom stereocenters. The predicted molar refractivity (Wildman–Crippen MR) is 88.5 cm³/mol. The van der Waals surface area contributed by atoms with Crippen LogP contribution in [0.1, 0.15) is 25.0 Å². The Hall–Kier alpha value is -2.06. The van der Waals surface area contributed by atoms with E-state index in [-0.39, 0.29) is 11.4 Å². The first-order chi connectivity index (χ1) is 11.5. The Labute approximate surface area is 140 Å². The van der Waals surface area contributed by atoms with Gasteiger partial charge in [0.05, 0.1) is 17.1 Å². The fraction of sp³-hybridized carbons (Fsp3) is 0.375. The van der Waals surface area contributed by atoms with E-state index in [1.807, 2.05) is 0 Å². The molecule has 1 aromatic heterocycles. The largest absolute Gasteiger partial charge is 0.341 e. The maximum absolute atomic E-state index is 12.9. The Morgan fingerprint density at radius 3 is 2.50 bits per heavy atom. The number of aromatic nitrogens is 2. The fourth-order valence-corrected chi connectivity index (χ4v) is 3.59. The van der Waals surface area contributed by atoms with Crippen molar-refractivity contribution in [3.63, 3.8) is 0 Å². The number of piperidine rings is 1. The number of halogens is 1. The van der Waals surface area contributed by atoms with Crippen LogP contribution in [0.4, 0.5) is 10.3 Å². The topological polar surface area (TPSA) is 75.2 Å². The normalized spacial score (nSPS) is 15.5. The summed E-state index contributed by atoms with van der Waals surface area (Å²) in [6.45, 7) is 1.90. The van der Waals surface area contributed by atoms with Gasteiger partial charge in [-0.3, -0.25) is 0 Å². The predicted octanol–water partition coefficient (Wildman–Crippen LogP) is 2.08. The van der Waals surface area contributed by atoms with Crippen LogP contribution in [0.5, 0.6) is 0 Å². The highest BCUT2D eigenvalue weighted by Gasteiger charge is 2.16. The lowest BCUT2D eigenvalue weighted by atomic mass is 10.1. The van der Waals surface area contributed by atoms with Gasteiger partial charge >= 0.3 is 0 Å². The first-order valence-corrected chi connectivity index (χ1v) is 9.35. The van der Waals surface area contributed by atoms with Crippen molar-refractivity contribution in [3.8, 4) is 0 Å². The average molecular weight is 350 g/mol. The van der Waals surface area contributed by atoms with Crippen LogP contribution in [0, 0.1) is 5.82 Å². The third-order valence-corrected chi connectivity index (χ3v) is 5.32. The molecule has 0 bridgehead atoms. The number of nitrogens with zero attached hydrogens (tertiary/aromatic N) is 3. The molecule has 128 valence electrons. The minimum atomic E-state index is -3.70. The summed E-state index contributed by atoms with van der Waals surface area (Å²) < 4.78 is 39.8. The van der Waals surface area contributed by atoms with Crippen LogP contribution in [-0.2, 0) is 16.6 Å². The van der Waals surface area contributed by atoms with E-state index in [0.29, 0.717) is 11.6 Å². The van der Waals surface area contributed by atoms with Gasteiger partial charge in [0.2, 0.25) is 16.0 Å². The first kappa shape index (κ1) is 16.8. The zero-order chi connectivity index (χ0) is 17.0. The van der Waals surface area contributed by atoms with Crippen molar-refractivity contribution in [1.82, 2.24) is 14.7 Å². The van der Waals surface area contributed by atoms with Crippen molar-refractivity contribution in [2.24, 2.45) is 0 Å². The van der Waals surface area contributed by atoms with Crippen LogP contribution in [0.15, 0.2) is 41.4 Å². The molecule has 8 heteroatoms. The van der Waals surface area contributed by atoms with Gasteiger partial charge in [0, 0.05) is 19.3 Å². The molecule has 6 nitrogen and oxygen atoms in total. The standard InChI is InChI=1S/C16H19FN4O2S/c17-13-4-6-15(7-5-13)24(22,23)19-12-14-8-9-18-16(20-14)21-10-2-1-3-11-21/h4-9,19H,1-3,10-12H2. The second-order valence-corrected chi connectivity index (χ2v) is 7.44. The van der Waals surface area contributed by atoms with Crippen LogP contribution in [0.3, 0.4) is 0 Å². The van der Waals surface area contributed by atoms with E-state index < -0.39 is 15.8 Å². The van der Waals surface area contributed by atoms with E-state index in [1.54, 1.807) is 12.3 Å². The summed E-state index contributed by atoms with van der Waals surface area (Å²) in [5.41, 5.74) is 0.594. The molecule has 1 aliphatic heterocycles. The number of nitrogens with one attached hydrogen (secondary N) is 1. The van der Waals surface area contributed by atoms with Crippen molar-refractivity contribution < 1.29 is 12.8 Å². The van der Waals surface area contributed by atoms with Gasteiger partial charge in [0.1, 0.15) is 5.82 Å². The number of benzene rings is 1. The van der Waals surface area contributed by atoms with Gasteiger partial charge in [-0.05, 0) is 49.6 Å². The number of sulfonamides is 1. The molecule has 0 spiro atoms. The maximum atomic E-state index is 12.9. The van der Waals surface area contributed by atoms with E-state index in [2.05, 4.69) is 19.6 Å². The van der Waals surface area contributed by atoms with Crippen molar-refractivity contribution in [2.75, 3.05) is 18.0 Å². The van der Waals surface area contributed by atoms with E-state index in [0.717, 1.165) is 38.1 Å². The van der Waals surface area contributed by atoms with Crippen LogP contribution < -0.4 is 9.62 Å². The molecule has 0 radical (unpaired) electrons. The third kappa shape index (κ3) is 4.07. The molecule has 1 aliphatic rings. The van der Waals surface area contributed by atoms with Gasteiger partial charge in [0.15, 0.2) is 0 Å². The summed E-state index contributed by atoms with van der Waals surface area (Å²) in [6, 6.07) is 6.38. The van der Waals surface area contributed by atoms with E-state index >= 15 is 0 Å². The molecule has 1 aromatic carbocycles. The van der Waals surface area contributed by atoms with E-state index in [4.69, 9.17) is 0 Å². The first-order valence-electron chi connectivity index (χ1n) is 7.87. The number of hydrogen-bond acceptors (Lipinski definition) is 5. The van der Waals surface area contributed by atoms with Gasteiger partial charge < -0.3 is 4.90 Å². The fourth-order valence-electron chi connectivity index (χ4n) is 2.60. The zero-order valence-electron chi connectivity index (χ0n) is 13.2. The smallest absolute Gasteiger partial charge is 0.240 e. The van der Waals surface area contributed by atoms with Crippen LogP contribution in [0.2, 0.25) is 0 Å². The molecule has 1 saturated heterocycles. The van der Waals surface area contributed by atoms with Crippen molar-refractivity contribution in [3.05, 3.63) is 48.0 Å². The Bertz CT molecular complexity index is 790. The van der Waals surface area contributed by atoms with Crippen molar-refractivity contribution >= 4 is 16.0 Å². The molecule has 0 amide bonds. The molecule has 0 atom stereocenters. The van der Waals surface area contributed by atoms with Gasteiger partial charge in [0.25, 0.3) is 0 Å². The molecule has 0 saturated carbocycles. The lowest BCUT2D eigenvalue weighted by Crippen LogP contribution is -2.31. The summed E-state index contributed by atoms with van der Waals surface area (Å²) in [5.74, 6) is 0.157. The monoisotopic (exact) mass is 350 g/mol. The highest BCUT2D eigenvalue weighted by molar-refractivity contribution is 7.89. The molecule has 2 heterocycles. The van der Waals surface area contributed by atoms with Crippen LogP contribution in [0.25, 0.3) is 0 Å². The lowest BCUT2D eigenvalue weighted by molar-refractivity contribution is 0.565. The molecule has 2 aromatic rings. The molecule has 0 aliphatic carbocycles. The molecular weight excluding hydrogens is 331 g/mol. The molecule has 1 N–H and O–H groups in total. The summed E-state index contributed by atoms with van der Waals surface area (Å²) in [5, 5.41) is 0. The SMILES string of the molecule is O=S(=O)(NCc1ccnc(N2CCCCC2)n1)c1ccc(F)cc1. The zero-order valence-corrected chi connectivity index (χ0v) is 14.0. The molecule has 1 fully saturated rings. The van der Waals surface area contributed by atoms with Gasteiger partial charge in [-0.1, -0.05) is 0 Å². The quantitative estimate of drug-likeness (QED) is 0.894. The lowest BCUT2D eigenvalue weighted by Gasteiger charge is -2.26. The number of anilines is 1. The number of hydrogen-bond donors (Lipinski definition) is 1. The van der Waals surface area contributed by atoms with E-state index in [1.165, 1.54) is 18.6 Å². The van der Waals surface area contributed by atoms with Crippen molar-refractivity contribution in [1.29, 1.82) is 0 Å². The summed E-state index contributed by atoms with van der Waals surface area (Å²) >= 11 is 0. The highest BCUT2D eigenvalue weighted by Crippen LogP contribution is 2.16. The van der Waals surface area contributed by atoms with Crippen molar-refractivity contribution in [2.45, 2.75) is 30.7 Å². The average Bonchev–Trinajstić information content (AvgIpc) is 2.61. The van der Waals surface area contributed by atoms with E-state index in [9.17, 15) is 12.8 Å². The molecule has 3 rings (SSSR count). The highest BCUT2D eigenvalue weighted by atomic mass is 32.2. The maximum Gasteiger partial charge on any atom is 0.240 e. The summed E-state index contributed by atoms with van der Waals surface area (Å²) in [4.78, 5) is 10.8. The molecule has 24 heavy (non-hydrogen) atoms. The van der Waals surface area contributed by atoms with Crippen LogP contribution in [-0.4, -0.2) is 31.5 Å². The molecular formula is C16H19FN4O2S. The minimum absolute atomic E-state index is 0.0224. The summed E-state index contributed by atoms with van der Waals surface area (Å²) in [7, 11) is -3.70. The Morgan fingerprint density at radius 1 is 1.08 bits per heavy atom. The second-order valence-electron chi connectivity index (χ2n) is 5.67. The minimum Gasteiger partial charge on any atom is -0.341 e. The Balaban J connectivity index is 1.68. The Kier molecular flexibility index (Phi) is 5.06. The van der Waals surface area contributed by atoms with Crippen LogP contribution >= 0.6 is 0 Å². The number of rotatable bonds is 5. The second kappa shape index (κ2) is 7.23. The van der Waals surface area contributed by atoms with Gasteiger partial charge in [-0.15, -0.1) is 0 Å². The Morgan fingerprint density at radius 2 is 1.79 bits per heavy atom.